The van der Waals surface area contributed by atoms with Crippen LogP contribution in [0, 0.1) is 5.92 Å². The van der Waals surface area contributed by atoms with Crippen molar-refractivity contribution in [1.29, 1.82) is 0 Å². The van der Waals surface area contributed by atoms with Crippen molar-refractivity contribution in [2.45, 2.75) is 57.7 Å². The monoisotopic (exact) mass is 289 g/mol. The summed E-state index contributed by atoms with van der Waals surface area (Å²) in [6.07, 6.45) is 4.32. The first-order valence-electron chi connectivity index (χ1n) is 7.30. The molecule has 112 valence electrons. The molecule has 0 aromatic heterocycles. The Morgan fingerprint density at radius 3 is 2.63 bits per heavy atom. The van der Waals surface area contributed by atoms with Gasteiger partial charge in [-0.2, -0.15) is 0 Å². The molecule has 0 radical (unpaired) electrons. The van der Waals surface area contributed by atoms with Gasteiger partial charge in [0.2, 0.25) is 5.91 Å². The average Bonchev–Trinajstić information content (AvgIpc) is 2.34. The van der Waals surface area contributed by atoms with Gasteiger partial charge in [0.25, 0.3) is 0 Å². The van der Waals surface area contributed by atoms with E-state index in [1.807, 2.05) is 0 Å². The fourth-order valence-corrected chi connectivity index (χ4v) is 3.03. The number of hydrogen-bond donors (Lipinski definition) is 2. The number of nitrogens with one attached hydrogen (secondary N) is 2. The third kappa shape index (κ3) is 4.62. The lowest BCUT2D eigenvalue weighted by molar-refractivity contribution is -0.125. The molecule has 0 spiro atoms. The minimum atomic E-state index is 0. The van der Waals surface area contributed by atoms with Crippen molar-refractivity contribution >= 4 is 18.3 Å². The van der Waals surface area contributed by atoms with Crippen molar-refractivity contribution in [2.75, 3.05) is 20.1 Å². The normalized spacial score (nSPS) is 36.4. The summed E-state index contributed by atoms with van der Waals surface area (Å²) in [5.74, 6) is 0.877. The second-order valence-electron chi connectivity index (χ2n) is 6.20. The van der Waals surface area contributed by atoms with Crippen molar-refractivity contribution in [2.24, 2.45) is 5.92 Å². The Labute approximate surface area is 123 Å². The van der Waals surface area contributed by atoms with E-state index in [9.17, 15) is 4.79 Å². The Morgan fingerprint density at radius 1 is 1.26 bits per heavy atom. The molecule has 4 unspecified atom stereocenters. The molecule has 0 bridgehead atoms. The topological polar surface area (TPSA) is 44.4 Å². The molecule has 2 aliphatic heterocycles. The molecule has 2 fully saturated rings. The summed E-state index contributed by atoms with van der Waals surface area (Å²) in [5.41, 5.74) is 0. The second kappa shape index (κ2) is 7.46. The predicted molar refractivity (Wildman–Crippen MR) is 80.7 cm³/mol. The summed E-state index contributed by atoms with van der Waals surface area (Å²) < 4.78 is 0. The van der Waals surface area contributed by atoms with Crippen LogP contribution in [0.5, 0.6) is 0 Å². The van der Waals surface area contributed by atoms with E-state index in [0.717, 1.165) is 32.4 Å². The van der Waals surface area contributed by atoms with Crippen LogP contribution in [-0.4, -0.2) is 49.1 Å². The second-order valence-corrected chi connectivity index (χ2v) is 6.20. The van der Waals surface area contributed by atoms with Crippen LogP contribution < -0.4 is 10.6 Å². The Hall–Kier alpha value is -0.320. The summed E-state index contributed by atoms with van der Waals surface area (Å²) in [6.45, 7) is 6.53. The molecule has 4 nitrogen and oxygen atoms in total. The molecule has 19 heavy (non-hydrogen) atoms. The van der Waals surface area contributed by atoms with Gasteiger partial charge in [-0.1, -0.05) is 6.92 Å². The molecule has 0 aromatic rings. The van der Waals surface area contributed by atoms with E-state index in [2.05, 4.69) is 36.4 Å². The summed E-state index contributed by atoms with van der Waals surface area (Å²) in [4.78, 5) is 14.6. The van der Waals surface area contributed by atoms with E-state index in [0.29, 0.717) is 18.0 Å². The molecule has 0 saturated carbocycles. The van der Waals surface area contributed by atoms with Crippen molar-refractivity contribution in [3.05, 3.63) is 0 Å². The van der Waals surface area contributed by atoms with Crippen LogP contribution in [-0.2, 0) is 4.79 Å². The highest BCUT2D eigenvalue weighted by molar-refractivity contribution is 5.85. The van der Waals surface area contributed by atoms with Gasteiger partial charge < -0.3 is 15.5 Å². The zero-order chi connectivity index (χ0) is 13.1. The van der Waals surface area contributed by atoms with Gasteiger partial charge in [0, 0.05) is 18.6 Å². The fourth-order valence-electron chi connectivity index (χ4n) is 3.03. The number of carbonyl (C=O) groups is 1. The molecule has 2 aliphatic rings. The van der Waals surface area contributed by atoms with Gasteiger partial charge in [0.1, 0.15) is 0 Å². The maximum absolute atomic E-state index is 12.2. The molecule has 2 heterocycles. The minimum Gasteiger partial charge on any atom is -0.352 e. The zero-order valence-corrected chi connectivity index (χ0v) is 13.1. The van der Waals surface area contributed by atoms with Crippen LogP contribution in [0.25, 0.3) is 0 Å². The standard InChI is InChI=1S/C14H27N3O.ClH/c1-10-4-6-15-13(8-10)14(18)16-12-5-7-17(3)11(2)9-12;/h10-13,15H,4-9H2,1-3H3,(H,16,18);1H. The number of likely N-dealkylation sites (tertiary alicyclic amines) is 1. The summed E-state index contributed by atoms with van der Waals surface area (Å²) in [7, 11) is 2.16. The predicted octanol–water partition coefficient (Wildman–Crippen LogP) is 1.40. The number of rotatable bonds is 2. The first-order valence-corrected chi connectivity index (χ1v) is 7.30. The number of nitrogens with zero attached hydrogens (tertiary/aromatic N) is 1. The number of halogens is 1. The van der Waals surface area contributed by atoms with Crippen LogP contribution in [0.2, 0.25) is 0 Å². The number of carbonyl (C=O) groups excluding carboxylic acids is 1. The van der Waals surface area contributed by atoms with Crippen molar-refractivity contribution in [1.82, 2.24) is 15.5 Å². The van der Waals surface area contributed by atoms with Gasteiger partial charge >= 0.3 is 0 Å². The summed E-state index contributed by atoms with van der Waals surface area (Å²) in [5, 5.41) is 6.57. The summed E-state index contributed by atoms with van der Waals surface area (Å²) in [6, 6.07) is 0.966. The smallest absolute Gasteiger partial charge is 0.237 e. The van der Waals surface area contributed by atoms with Gasteiger partial charge in [-0.25, -0.2) is 0 Å². The quantitative estimate of drug-likeness (QED) is 0.808. The van der Waals surface area contributed by atoms with E-state index >= 15 is 0 Å². The average molecular weight is 290 g/mol. The molecule has 0 aromatic carbocycles. The van der Waals surface area contributed by atoms with Crippen molar-refractivity contribution in [3.63, 3.8) is 0 Å². The van der Waals surface area contributed by atoms with E-state index < -0.39 is 0 Å². The van der Waals surface area contributed by atoms with E-state index in [1.54, 1.807) is 0 Å². The van der Waals surface area contributed by atoms with Crippen LogP contribution >= 0.6 is 12.4 Å². The lowest BCUT2D eigenvalue weighted by atomic mass is 9.93. The molecular weight excluding hydrogens is 262 g/mol. The Bertz CT molecular complexity index is 300. The van der Waals surface area contributed by atoms with Gasteiger partial charge in [0.05, 0.1) is 6.04 Å². The van der Waals surface area contributed by atoms with E-state index in [4.69, 9.17) is 0 Å². The van der Waals surface area contributed by atoms with Crippen LogP contribution in [0.3, 0.4) is 0 Å². The maximum atomic E-state index is 12.2. The Morgan fingerprint density at radius 2 is 2.00 bits per heavy atom. The molecule has 0 aliphatic carbocycles. The van der Waals surface area contributed by atoms with Crippen LogP contribution in [0.1, 0.15) is 39.5 Å². The summed E-state index contributed by atoms with van der Waals surface area (Å²) >= 11 is 0. The molecular formula is C14H28ClN3O. The van der Waals surface area contributed by atoms with Crippen LogP contribution in [0.15, 0.2) is 0 Å². The van der Waals surface area contributed by atoms with Gasteiger partial charge in [-0.15, -0.1) is 12.4 Å². The van der Waals surface area contributed by atoms with Crippen molar-refractivity contribution < 1.29 is 4.79 Å². The number of amides is 1. The highest BCUT2D eigenvalue weighted by Crippen LogP contribution is 2.18. The highest BCUT2D eigenvalue weighted by atomic mass is 35.5. The first kappa shape index (κ1) is 16.7. The Kier molecular flexibility index (Phi) is 6.57. The molecule has 4 atom stereocenters. The maximum Gasteiger partial charge on any atom is 0.237 e. The zero-order valence-electron chi connectivity index (χ0n) is 12.3. The van der Waals surface area contributed by atoms with E-state index in [-0.39, 0.29) is 24.4 Å². The lowest BCUT2D eigenvalue weighted by Crippen LogP contribution is -2.54. The fraction of sp³-hybridized carbons (Fsp3) is 0.929. The first-order chi connectivity index (χ1) is 8.56. The third-order valence-electron chi connectivity index (χ3n) is 4.54. The lowest BCUT2D eigenvalue weighted by Gasteiger charge is -2.36. The highest BCUT2D eigenvalue weighted by Gasteiger charge is 2.28. The molecule has 2 rings (SSSR count). The molecule has 1 amide bonds. The van der Waals surface area contributed by atoms with E-state index in [1.165, 1.54) is 6.42 Å². The minimum absolute atomic E-state index is 0. The third-order valence-corrected chi connectivity index (χ3v) is 4.54. The molecule has 2 N–H and O–H groups in total. The Balaban J connectivity index is 0.00000180. The SMILES string of the molecule is CC1CCNC(C(=O)NC2CCN(C)C(C)C2)C1.Cl. The van der Waals surface area contributed by atoms with Crippen LogP contribution in [0.4, 0.5) is 0 Å². The van der Waals surface area contributed by atoms with Crippen molar-refractivity contribution in [3.8, 4) is 0 Å². The largest absolute Gasteiger partial charge is 0.352 e. The number of piperidine rings is 2. The van der Waals surface area contributed by atoms with Gasteiger partial charge in [-0.3, -0.25) is 4.79 Å². The number of hydrogen-bond acceptors (Lipinski definition) is 3. The molecule has 2 saturated heterocycles. The van der Waals surface area contributed by atoms with Gasteiger partial charge in [0.15, 0.2) is 0 Å². The molecule has 5 heteroatoms. The van der Waals surface area contributed by atoms with Gasteiger partial charge in [-0.05, 0) is 52.1 Å².